The molecule has 0 N–H and O–H groups in total. The van der Waals surface area contributed by atoms with E-state index in [0.717, 1.165) is 11.1 Å². The molecule has 0 aromatic heterocycles. The fourth-order valence-corrected chi connectivity index (χ4v) is 4.45. The molecule has 0 aliphatic carbocycles. The minimum Gasteiger partial charge on any atom is -0.548 e. The molecular formula is C18H15ClNO3S-. The molecule has 1 heterocycles. The number of hydrogen-bond acceptors (Lipinski definition) is 4. The Morgan fingerprint density at radius 2 is 1.83 bits per heavy atom. The lowest BCUT2D eigenvalue weighted by Crippen LogP contribution is -2.49. The maximum Gasteiger partial charge on any atom is 0.255 e. The average Bonchev–Trinajstić information content (AvgIpc) is 3.00. The van der Waals surface area contributed by atoms with Crippen LogP contribution in [0.4, 0.5) is 0 Å². The van der Waals surface area contributed by atoms with E-state index in [1.165, 1.54) is 16.7 Å². The summed E-state index contributed by atoms with van der Waals surface area (Å²) in [7, 11) is 0. The van der Waals surface area contributed by atoms with Crippen LogP contribution in [0, 0.1) is 6.92 Å². The fourth-order valence-electron chi connectivity index (χ4n) is 2.70. The second-order valence-corrected chi connectivity index (χ2v) is 7.14. The summed E-state index contributed by atoms with van der Waals surface area (Å²) in [4.78, 5) is 25.8. The first-order valence-electron chi connectivity index (χ1n) is 7.45. The number of nitrogens with zero attached hydrogens (tertiary/aromatic N) is 1. The second kappa shape index (κ2) is 6.87. The van der Waals surface area contributed by atoms with E-state index in [0.29, 0.717) is 10.6 Å². The topological polar surface area (TPSA) is 60.4 Å². The summed E-state index contributed by atoms with van der Waals surface area (Å²) in [5, 5.41) is 11.6. The number of thioether (sulfide) groups is 1. The quantitative estimate of drug-likeness (QED) is 0.844. The smallest absolute Gasteiger partial charge is 0.255 e. The van der Waals surface area contributed by atoms with Gasteiger partial charge in [0.2, 0.25) is 0 Å². The van der Waals surface area contributed by atoms with Crippen LogP contribution in [0.2, 0.25) is 5.02 Å². The van der Waals surface area contributed by atoms with Gasteiger partial charge in [0.1, 0.15) is 5.37 Å². The number of aliphatic carboxylic acids is 1. The number of aryl methyl sites for hydroxylation is 1. The van der Waals surface area contributed by atoms with Gasteiger partial charge in [0.25, 0.3) is 5.91 Å². The highest BCUT2D eigenvalue weighted by molar-refractivity contribution is 7.99. The van der Waals surface area contributed by atoms with E-state index < -0.39 is 17.4 Å². The van der Waals surface area contributed by atoms with Gasteiger partial charge in [-0.2, -0.15) is 0 Å². The van der Waals surface area contributed by atoms with Crippen molar-refractivity contribution in [2.75, 3.05) is 5.75 Å². The zero-order valence-electron chi connectivity index (χ0n) is 12.9. The van der Waals surface area contributed by atoms with E-state index in [9.17, 15) is 14.7 Å². The maximum atomic E-state index is 12.9. The first-order valence-corrected chi connectivity index (χ1v) is 8.88. The molecule has 4 nitrogen and oxygen atoms in total. The van der Waals surface area contributed by atoms with Crippen molar-refractivity contribution >= 4 is 35.2 Å². The van der Waals surface area contributed by atoms with Crippen molar-refractivity contribution in [3.8, 4) is 0 Å². The summed E-state index contributed by atoms with van der Waals surface area (Å²) in [5.74, 6) is -1.31. The summed E-state index contributed by atoms with van der Waals surface area (Å²) in [6.07, 6.45) is 0. The summed E-state index contributed by atoms with van der Waals surface area (Å²) in [6.45, 7) is 1.93. The van der Waals surface area contributed by atoms with Crippen LogP contribution in [-0.4, -0.2) is 28.6 Å². The Hall–Kier alpha value is -1.98. The lowest BCUT2D eigenvalue weighted by atomic mass is 10.1. The molecule has 0 radical (unpaired) electrons. The van der Waals surface area contributed by atoms with Crippen molar-refractivity contribution in [3.63, 3.8) is 0 Å². The van der Waals surface area contributed by atoms with Crippen LogP contribution in [0.25, 0.3) is 0 Å². The van der Waals surface area contributed by atoms with Crippen LogP contribution in [0.5, 0.6) is 0 Å². The molecule has 3 rings (SSSR count). The molecule has 6 heteroatoms. The molecule has 1 aliphatic rings. The van der Waals surface area contributed by atoms with Gasteiger partial charge in [-0.05, 0) is 25.1 Å². The van der Waals surface area contributed by atoms with Crippen molar-refractivity contribution in [1.82, 2.24) is 4.90 Å². The molecule has 2 atom stereocenters. The third-order valence-corrected chi connectivity index (χ3v) is 5.63. The Balaban J connectivity index is 2.01. The molecule has 2 aromatic carbocycles. The summed E-state index contributed by atoms with van der Waals surface area (Å²) < 4.78 is 0. The third-order valence-electron chi connectivity index (χ3n) is 3.98. The zero-order valence-corrected chi connectivity index (χ0v) is 14.5. The summed E-state index contributed by atoms with van der Waals surface area (Å²) in [5.41, 5.74) is 2.21. The van der Waals surface area contributed by atoms with Crippen LogP contribution in [0.3, 0.4) is 0 Å². The first-order chi connectivity index (χ1) is 11.5. The van der Waals surface area contributed by atoms with Crippen LogP contribution in [-0.2, 0) is 4.79 Å². The standard InChI is InChI=1S/C18H16ClNO3S/c1-11-6-8-12(9-7-11)16(21)20-15(18(22)23)10-24-17(20)13-4-2-3-5-14(13)19/h2-9,15,17H,10H2,1H3,(H,22,23)/p-1/t15-,17+/m0/s1. The van der Waals surface area contributed by atoms with E-state index in [1.807, 2.05) is 31.2 Å². The Kier molecular flexibility index (Phi) is 4.83. The van der Waals surface area contributed by atoms with Crippen LogP contribution < -0.4 is 5.11 Å². The molecule has 1 amide bonds. The Morgan fingerprint density at radius 1 is 1.17 bits per heavy atom. The number of carbonyl (C=O) groups is 2. The summed E-state index contributed by atoms with van der Waals surface area (Å²) in [6, 6.07) is 13.3. The first kappa shape index (κ1) is 16.9. The van der Waals surface area contributed by atoms with Gasteiger partial charge in [-0.15, -0.1) is 11.8 Å². The van der Waals surface area contributed by atoms with Gasteiger partial charge in [-0.1, -0.05) is 47.5 Å². The van der Waals surface area contributed by atoms with Gasteiger partial charge in [0.05, 0.1) is 12.0 Å². The van der Waals surface area contributed by atoms with E-state index in [1.54, 1.807) is 24.3 Å². The largest absolute Gasteiger partial charge is 0.548 e. The molecule has 1 saturated heterocycles. The molecule has 0 spiro atoms. The van der Waals surface area contributed by atoms with E-state index in [4.69, 9.17) is 11.6 Å². The third kappa shape index (κ3) is 3.14. The number of rotatable bonds is 3. The highest BCUT2D eigenvalue weighted by Crippen LogP contribution is 2.44. The number of amides is 1. The van der Waals surface area contributed by atoms with Crippen LogP contribution in [0.1, 0.15) is 26.9 Å². The lowest BCUT2D eigenvalue weighted by molar-refractivity contribution is -0.310. The average molecular weight is 361 g/mol. The zero-order chi connectivity index (χ0) is 17.3. The Labute approximate surface area is 149 Å². The van der Waals surface area contributed by atoms with Crippen molar-refractivity contribution in [2.24, 2.45) is 0 Å². The monoisotopic (exact) mass is 360 g/mol. The van der Waals surface area contributed by atoms with Gasteiger partial charge in [-0.25, -0.2) is 0 Å². The Bertz CT molecular complexity index is 778. The molecule has 24 heavy (non-hydrogen) atoms. The molecule has 0 saturated carbocycles. The number of hydrogen-bond donors (Lipinski definition) is 0. The molecule has 1 fully saturated rings. The van der Waals surface area contributed by atoms with E-state index in [-0.39, 0.29) is 11.7 Å². The van der Waals surface area contributed by atoms with Crippen molar-refractivity contribution in [1.29, 1.82) is 0 Å². The van der Waals surface area contributed by atoms with Crippen molar-refractivity contribution < 1.29 is 14.7 Å². The highest BCUT2D eigenvalue weighted by atomic mass is 35.5. The number of halogens is 1. The number of benzene rings is 2. The van der Waals surface area contributed by atoms with Crippen LogP contribution >= 0.6 is 23.4 Å². The fraction of sp³-hybridized carbons (Fsp3) is 0.222. The van der Waals surface area contributed by atoms with Crippen LogP contribution in [0.15, 0.2) is 48.5 Å². The van der Waals surface area contributed by atoms with Gasteiger partial charge < -0.3 is 14.8 Å². The molecule has 0 unspecified atom stereocenters. The van der Waals surface area contributed by atoms with E-state index in [2.05, 4.69) is 0 Å². The van der Waals surface area contributed by atoms with Gasteiger partial charge in [0, 0.05) is 21.9 Å². The van der Waals surface area contributed by atoms with Gasteiger partial charge in [-0.3, -0.25) is 4.79 Å². The lowest BCUT2D eigenvalue weighted by Gasteiger charge is -2.30. The highest BCUT2D eigenvalue weighted by Gasteiger charge is 2.40. The predicted molar refractivity (Wildman–Crippen MR) is 92.8 cm³/mol. The maximum absolute atomic E-state index is 12.9. The molecule has 1 aliphatic heterocycles. The normalized spacial score (nSPS) is 20.2. The predicted octanol–water partition coefficient (Wildman–Crippen LogP) is 2.65. The minimum absolute atomic E-state index is 0.274. The number of carboxylic acids is 1. The molecular weight excluding hydrogens is 346 g/mol. The molecule has 124 valence electrons. The SMILES string of the molecule is Cc1ccc(C(=O)N2[C@@H](c3ccccc3Cl)SC[C@H]2C(=O)[O-])cc1. The van der Waals surface area contributed by atoms with Gasteiger partial charge in [0.15, 0.2) is 0 Å². The number of carboxylic acid groups (broad SMARTS) is 1. The second-order valence-electron chi connectivity index (χ2n) is 5.62. The van der Waals surface area contributed by atoms with Crippen molar-refractivity contribution in [2.45, 2.75) is 18.3 Å². The number of carbonyl (C=O) groups excluding carboxylic acids is 2. The van der Waals surface area contributed by atoms with Crippen molar-refractivity contribution in [3.05, 3.63) is 70.2 Å². The minimum atomic E-state index is -1.25. The summed E-state index contributed by atoms with van der Waals surface area (Å²) >= 11 is 7.63. The van der Waals surface area contributed by atoms with E-state index >= 15 is 0 Å². The van der Waals surface area contributed by atoms with Gasteiger partial charge >= 0.3 is 0 Å². The Morgan fingerprint density at radius 3 is 2.46 bits per heavy atom. The molecule has 0 bridgehead atoms. The molecule has 2 aromatic rings.